The van der Waals surface area contributed by atoms with Gasteiger partial charge in [0.15, 0.2) is 11.4 Å². The Morgan fingerprint density at radius 3 is 2.56 bits per heavy atom. The molecule has 1 N–H and O–H groups in total. The molecule has 0 saturated carbocycles. The molecule has 2 aromatic carbocycles. The van der Waals surface area contributed by atoms with Gasteiger partial charge in [0, 0.05) is 11.0 Å². The Bertz CT molecular complexity index is 987. The SMILES string of the molecule is O=C(NCc1cccc(Br)c1)c1nnn(-c2cccc(F)c2)c1C(F)(F)F. The van der Waals surface area contributed by atoms with Gasteiger partial charge in [-0.05, 0) is 35.9 Å². The molecule has 1 aromatic heterocycles. The standard InChI is InChI=1S/C17H11BrF4N4O/c18-11-4-1-3-10(7-11)9-23-16(27)14-15(17(20,21)22)26(25-24-14)13-6-2-5-12(19)8-13/h1-8H,9H2,(H,23,27). The quantitative estimate of drug-likeness (QED) is 0.618. The van der Waals surface area contributed by atoms with Crippen LogP contribution in [0.25, 0.3) is 5.69 Å². The van der Waals surface area contributed by atoms with Crippen molar-refractivity contribution < 1.29 is 22.4 Å². The van der Waals surface area contributed by atoms with Gasteiger partial charge in [0.2, 0.25) is 0 Å². The minimum atomic E-state index is -4.92. The minimum Gasteiger partial charge on any atom is -0.346 e. The summed E-state index contributed by atoms with van der Waals surface area (Å²) in [5.41, 5.74) is -1.77. The van der Waals surface area contributed by atoms with Gasteiger partial charge in [0.1, 0.15) is 5.82 Å². The molecule has 27 heavy (non-hydrogen) atoms. The van der Waals surface area contributed by atoms with E-state index in [0.29, 0.717) is 10.2 Å². The smallest absolute Gasteiger partial charge is 0.346 e. The summed E-state index contributed by atoms with van der Waals surface area (Å²) < 4.78 is 55.1. The number of benzene rings is 2. The Hall–Kier alpha value is -2.75. The molecular formula is C17H11BrF4N4O. The lowest BCUT2D eigenvalue weighted by Gasteiger charge is -2.11. The van der Waals surface area contributed by atoms with E-state index in [-0.39, 0.29) is 12.2 Å². The van der Waals surface area contributed by atoms with E-state index in [1.165, 1.54) is 12.1 Å². The number of halogens is 5. The fraction of sp³-hybridized carbons (Fsp3) is 0.118. The first-order valence-corrected chi connectivity index (χ1v) is 8.36. The van der Waals surface area contributed by atoms with Crippen molar-refractivity contribution in [3.8, 4) is 5.69 Å². The van der Waals surface area contributed by atoms with Gasteiger partial charge in [0.25, 0.3) is 5.91 Å². The van der Waals surface area contributed by atoms with Gasteiger partial charge in [-0.1, -0.05) is 39.3 Å². The summed E-state index contributed by atoms with van der Waals surface area (Å²) in [6.45, 7) is 0.00238. The Morgan fingerprint density at radius 1 is 1.15 bits per heavy atom. The van der Waals surface area contributed by atoms with Crippen LogP contribution in [0, 0.1) is 5.82 Å². The van der Waals surface area contributed by atoms with Crippen molar-refractivity contribution in [3.63, 3.8) is 0 Å². The van der Waals surface area contributed by atoms with Crippen LogP contribution in [0.5, 0.6) is 0 Å². The number of carbonyl (C=O) groups is 1. The van der Waals surface area contributed by atoms with Crippen LogP contribution in [0.1, 0.15) is 21.7 Å². The van der Waals surface area contributed by atoms with Crippen LogP contribution >= 0.6 is 15.9 Å². The summed E-state index contributed by atoms with van der Waals surface area (Å²) >= 11 is 3.27. The molecule has 10 heteroatoms. The molecule has 0 fully saturated rings. The van der Waals surface area contributed by atoms with Crippen molar-refractivity contribution in [1.82, 2.24) is 20.3 Å². The van der Waals surface area contributed by atoms with Crippen LogP contribution < -0.4 is 5.32 Å². The largest absolute Gasteiger partial charge is 0.435 e. The maximum absolute atomic E-state index is 13.5. The number of nitrogens with one attached hydrogen (secondary N) is 1. The Balaban J connectivity index is 1.92. The van der Waals surface area contributed by atoms with Crippen LogP contribution in [-0.4, -0.2) is 20.9 Å². The Kier molecular flexibility index (Phi) is 5.26. The molecule has 0 spiro atoms. The highest BCUT2D eigenvalue weighted by atomic mass is 79.9. The highest BCUT2D eigenvalue weighted by molar-refractivity contribution is 9.10. The second-order valence-corrected chi connectivity index (χ2v) is 6.40. The van der Waals surface area contributed by atoms with E-state index in [1.807, 2.05) is 0 Å². The van der Waals surface area contributed by atoms with Gasteiger partial charge in [0.05, 0.1) is 5.69 Å². The molecule has 5 nitrogen and oxygen atoms in total. The first-order chi connectivity index (χ1) is 12.8. The lowest BCUT2D eigenvalue weighted by atomic mass is 10.2. The normalized spacial score (nSPS) is 11.4. The van der Waals surface area contributed by atoms with Crippen molar-refractivity contribution in [3.05, 3.63) is 75.8 Å². The van der Waals surface area contributed by atoms with Crippen LogP contribution in [0.4, 0.5) is 17.6 Å². The lowest BCUT2D eigenvalue weighted by molar-refractivity contribution is -0.143. The van der Waals surface area contributed by atoms with Crippen molar-refractivity contribution >= 4 is 21.8 Å². The predicted octanol–water partition coefficient (Wildman–Crippen LogP) is 4.12. The van der Waals surface area contributed by atoms with Gasteiger partial charge in [-0.25, -0.2) is 9.07 Å². The van der Waals surface area contributed by atoms with Crippen LogP contribution in [-0.2, 0) is 12.7 Å². The van der Waals surface area contributed by atoms with Crippen LogP contribution in [0.3, 0.4) is 0 Å². The number of nitrogens with zero attached hydrogens (tertiary/aromatic N) is 3. The molecule has 0 aliphatic rings. The maximum atomic E-state index is 13.5. The third-order valence-electron chi connectivity index (χ3n) is 3.55. The average Bonchev–Trinajstić information content (AvgIpc) is 3.05. The van der Waals surface area contributed by atoms with Crippen molar-refractivity contribution in [1.29, 1.82) is 0 Å². The van der Waals surface area contributed by atoms with Crippen LogP contribution in [0.15, 0.2) is 53.0 Å². The number of amides is 1. The van der Waals surface area contributed by atoms with Crippen LogP contribution in [0.2, 0.25) is 0 Å². The Labute approximate surface area is 159 Å². The van der Waals surface area contributed by atoms with E-state index in [4.69, 9.17) is 0 Å². The fourth-order valence-electron chi connectivity index (χ4n) is 2.39. The average molecular weight is 443 g/mol. The molecule has 3 rings (SSSR count). The molecule has 0 aliphatic heterocycles. The first-order valence-electron chi connectivity index (χ1n) is 7.57. The molecule has 0 aliphatic carbocycles. The zero-order chi connectivity index (χ0) is 19.6. The van der Waals surface area contributed by atoms with E-state index in [9.17, 15) is 22.4 Å². The number of rotatable bonds is 4. The number of alkyl halides is 3. The van der Waals surface area contributed by atoms with E-state index < -0.39 is 29.3 Å². The maximum Gasteiger partial charge on any atom is 0.435 e. The summed E-state index contributed by atoms with van der Waals surface area (Å²) in [4.78, 5) is 12.3. The second kappa shape index (κ2) is 7.47. The fourth-order valence-corrected chi connectivity index (χ4v) is 2.84. The molecular weight excluding hydrogens is 432 g/mol. The summed E-state index contributed by atoms with van der Waals surface area (Å²) in [6, 6.07) is 11.3. The molecule has 0 unspecified atom stereocenters. The monoisotopic (exact) mass is 442 g/mol. The number of hydrogen-bond acceptors (Lipinski definition) is 3. The van der Waals surface area contributed by atoms with Gasteiger partial charge >= 0.3 is 6.18 Å². The van der Waals surface area contributed by atoms with E-state index >= 15 is 0 Å². The zero-order valence-electron chi connectivity index (χ0n) is 13.5. The molecule has 140 valence electrons. The molecule has 1 amide bonds. The van der Waals surface area contributed by atoms with Crippen molar-refractivity contribution in [2.45, 2.75) is 12.7 Å². The topological polar surface area (TPSA) is 59.8 Å². The molecule has 0 saturated heterocycles. The highest BCUT2D eigenvalue weighted by Crippen LogP contribution is 2.32. The first kappa shape index (κ1) is 19.0. The summed E-state index contributed by atoms with van der Waals surface area (Å²) in [6.07, 6.45) is -4.92. The lowest BCUT2D eigenvalue weighted by Crippen LogP contribution is -2.27. The molecule has 0 bridgehead atoms. The molecule has 0 atom stereocenters. The van der Waals surface area contributed by atoms with Gasteiger partial charge in [-0.3, -0.25) is 4.79 Å². The third-order valence-corrected chi connectivity index (χ3v) is 4.04. The third kappa shape index (κ3) is 4.33. The highest BCUT2D eigenvalue weighted by Gasteiger charge is 2.42. The predicted molar refractivity (Wildman–Crippen MR) is 91.6 cm³/mol. The number of hydrogen-bond donors (Lipinski definition) is 1. The minimum absolute atomic E-state index is 0.00238. The van der Waals surface area contributed by atoms with E-state index in [2.05, 4.69) is 31.6 Å². The number of aromatic nitrogens is 3. The van der Waals surface area contributed by atoms with Crippen molar-refractivity contribution in [2.75, 3.05) is 0 Å². The Morgan fingerprint density at radius 2 is 1.89 bits per heavy atom. The molecule has 0 radical (unpaired) electrons. The summed E-state index contributed by atoms with van der Waals surface area (Å²) in [7, 11) is 0. The van der Waals surface area contributed by atoms with Crippen molar-refractivity contribution in [2.24, 2.45) is 0 Å². The zero-order valence-corrected chi connectivity index (χ0v) is 15.1. The van der Waals surface area contributed by atoms with E-state index in [0.717, 1.165) is 16.6 Å². The molecule has 3 aromatic rings. The van der Waals surface area contributed by atoms with Gasteiger partial charge in [-0.2, -0.15) is 13.2 Å². The van der Waals surface area contributed by atoms with Gasteiger partial charge in [-0.15, -0.1) is 5.10 Å². The molecule has 1 heterocycles. The summed E-state index contributed by atoms with van der Waals surface area (Å²) in [5, 5.41) is 9.14. The summed E-state index contributed by atoms with van der Waals surface area (Å²) in [5.74, 6) is -1.78. The second-order valence-electron chi connectivity index (χ2n) is 5.49. The number of carbonyl (C=O) groups excluding carboxylic acids is 1. The van der Waals surface area contributed by atoms with Gasteiger partial charge < -0.3 is 5.32 Å². The van der Waals surface area contributed by atoms with E-state index in [1.54, 1.807) is 24.3 Å².